The zero-order chi connectivity index (χ0) is 26.0. The lowest BCUT2D eigenvalue weighted by Gasteiger charge is -2.27. The summed E-state index contributed by atoms with van der Waals surface area (Å²) in [7, 11) is 0. The van der Waals surface area contributed by atoms with E-state index < -0.39 is 23.4 Å². The van der Waals surface area contributed by atoms with Crippen LogP contribution in [0.4, 0.5) is 8.28 Å². The molecule has 2 aromatic rings. The molecule has 0 amide bonds. The van der Waals surface area contributed by atoms with Crippen LogP contribution in [-0.4, -0.2) is 58.8 Å². The Morgan fingerprint density at radius 1 is 1.11 bits per heavy atom. The van der Waals surface area contributed by atoms with Crippen LogP contribution in [0.5, 0.6) is 11.5 Å². The SMILES string of the molecule is CC(C)(c1ccc(OCC(O)CN(N)/C=C(\N)CSF)cc1)c1ccc(OCC(O)CCl)c(F)c1. The quantitative estimate of drug-likeness (QED) is 0.166. The minimum Gasteiger partial charge on any atom is -0.491 e. The number of benzene rings is 2. The van der Waals surface area contributed by atoms with Gasteiger partial charge in [-0.25, -0.2) is 10.2 Å². The molecule has 0 radical (unpaired) electrons. The molecule has 6 N–H and O–H groups in total. The highest BCUT2D eigenvalue weighted by Gasteiger charge is 2.25. The van der Waals surface area contributed by atoms with Gasteiger partial charge in [-0.3, -0.25) is 0 Å². The number of nitrogens with two attached hydrogens (primary N) is 2. The number of rotatable bonds is 14. The molecule has 0 saturated carbocycles. The molecule has 2 atom stereocenters. The van der Waals surface area contributed by atoms with E-state index in [0.29, 0.717) is 5.75 Å². The molecular formula is C24H32ClF2N3O4S. The normalized spacial score (nSPS) is 13.9. The maximum Gasteiger partial charge on any atom is 0.165 e. The van der Waals surface area contributed by atoms with Crippen molar-refractivity contribution in [1.29, 1.82) is 0 Å². The Balaban J connectivity index is 1.97. The Labute approximate surface area is 213 Å². The van der Waals surface area contributed by atoms with E-state index in [2.05, 4.69) is 0 Å². The van der Waals surface area contributed by atoms with Gasteiger partial charge >= 0.3 is 0 Å². The van der Waals surface area contributed by atoms with Gasteiger partial charge in [0.25, 0.3) is 0 Å². The average Bonchev–Trinajstić information content (AvgIpc) is 2.81. The van der Waals surface area contributed by atoms with Crippen LogP contribution in [-0.2, 0) is 5.41 Å². The van der Waals surface area contributed by atoms with Crippen LogP contribution in [0.15, 0.2) is 54.4 Å². The summed E-state index contributed by atoms with van der Waals surface area (Å²) >= 11 is 5.62. The summed E-state index contributed by atoms with van der Waals surface area (Å²) in [5, 5.41) is 20.8. The molecule has 0 saturated heterocycles. The minimum absolute atomic E-state index is 0.00422. The predicted molar refractivity (Wildman–Crippen MR) is 135 cm³/mol. The van der Waals surface area contributed by atoms with Crippen molar-refractivity contribution in [2.75, 3.05) is 31.4 Å². The molecule has 11 heteroatoms. The fraction of sp³-hybridized carbons (Fsp3) is 0.417. The number of hydrazine groups is 1. The third-order valence-electron chi connectivity index (χ3n) is 5.26. The van der Waals surface area contributed by atoms with E-state index in [9.17, 15) is 18.5 Å². The minimum atomic E-state index is -0.896. The van der Waals surface area contributed by atoms with Crippen molar-refractivity contribution in [2.45, 2.75) is 31.5 Å². The van der Waals surface area contributed by atoms with E-state index in [0.717, 1.165) is 11.1 Å². The van der Waals surface area contributed by atoms with Crippen molar-refractivity contribution in [3.05, 3.63) is 71.3 Å². The molecule has 2 unspecified atom stereocenters. The first kappa shape index (κ1) is 29.0. The smallest absolute Gasteiger partial charge is 0.165 e. The fourth-order valence-corrected chi connectivity index (χ4v) is 3.52. The number of ether oxygens (including phenoxy) is 2. The first-order valence-corrected chi connectivity index (χ1v) is 12.3. The lowest BCUT2D eigenvalue weighted by molar-refractivity contribution is 0.0817. The summed E-state index contributed by atoms with van der Waals surface area (Å²) < 4.78 is 37.7. The maximum atomic E-state index is 14.6. The van der Waals surface area contributed by atoms with Crippen LogP contribution in [0.2, 0.25) is 0 Å². The lowest BCUT2D eigenvalue weighted by atomic mass is 9.78. The molecule has 2 rings (SSSR count). The molecule has 0 aromatic heterocycles. The predicted octanol–water partition coefficient (Wildman–Crippen LogP) is 3.46. The molecule has 7 nitrogen and oxygen atoms in total. The molecule has 0 fully saturated rings. The lowest BCUT2D eigenvalue weighted by Crippen LogP contribution is -2.37. The summed E-state index contributed by atoms with van der Waals surface area (Å²) in [5.74, 6) is 5.79. The Kier molecular flexibility index (Phi) is 11.4. The number of alkyl halides is 1. The second kappa shape index (κ2) is 13.7. The van der Waals surface area contributed by atoms with Gasteiger partial charge in [0.2, 0.25) is 0 Å². The van der Waals surface area contributed by atoms with E-state index in [4.69, 9.17) is 32.7 Å². The molecule has 0 aliphatic heterocycles. The number of aliphatic hydroxyl groups excluding tert-OH is 2. The summed E-state index contributed by atoms with van der Waals surface area (Å²) in [6.07, 6.45) is -0.407. The van der Waals surface area contributed by atoms with Gasteiger partial charge in [0.05, 0.1) is 30.3 Å². The monoisotopic (exact) mass is 531 g/mol. The van der Waals surface area contributed by atoms with Crippen LogP contribution in [0, 0.1) is 5.82 Å². The molecule has 0 aliphatic rings. The van der Waals surface area contributed by atoms with E-state index >= 15 is 0 Å². The zero-order valence-electron chi connectivity index (χ0n) is 19.7. The summed E-state index contributed by atoms with van der Waals surface area (Å²) in [6, 6.07) is 12.0. The van der Waals surface area contributed by atoms with Gasteiger partial charge < -0.3 is 30.4 Å². The van der Waals surface area contributed by atoms with E-state index in [1.807, 2.05) is 26.0 Å². The van der Waals surface area contributed by atoms with Gasteiger partial charge in [-0.1, -0.05) is 32.0 Å². The highest BCUT2D eigenvalue weighted by molar-refractivity contribution is 7.94. The van der Waals surface area contributed by atoms with Crippen LogP contribution >= 0.6 is 23.7 Å². The van der Waals surface area contributed by atoms with Gasteiger partial charge in [0.15, 0.2) is 11.6 Å². The van der Waals surface area contributed by atoms with Crippen LogP contribution in [0.1, 0.15) is 25.0 Å². The Hall–Kier alpha value is -2.24. The topological polar surface area (TPSA) is 114 Å². The van der Waals surface area contributed by atoms with Gasteiger partial charge in [-0.15, -0.1) is 11.6 Å². The second-order valence-corrected chi connectivity index (χ2v) is 9.35. The maximum absolute atomic E-state index is 14.6. The average molecular weight is 532 g/mol. The summed E-state index contributed by atoms with van der Waals surface area (Å²) in [5.41, 5.74) is 6.99. The molecule has 35 heavy (non-hydrogen) atoms. The third-order valence-corrected chi connectivity index (χ3v) is 6.05. The van der Waals surface area contributed by atoms with Gasteiger partial charge in [0, 0.05) is 17.3 Å². The van der Waals surface area contributed by atoms with Crippen molar-refractivity contribution in [2.24, 2.45) is 11.6 Å². The van der Waals surface area contributed by atoms with Crippen molar-refractivity contribution in [1.82, 2.24) is 5.01 Å². The molecule has 0 aliphatic carbocycles. The first-order valence-electron chi connectivity index (χ1n) is 10.9. The summed E-state index contributed by atoms with van der Waals surface area (Å²) in [6.45, 7) is 3.89. The van der Waals surface area contributed by atoms with Crippen molar-refractivity contribution in [3.63, 3.8) is 0 Å². The van der Waals surface area contributed by atoms with Crippen molar-refractivity contribution < 1.29 is 28.0 Å². The Morgan fingerprint density at radius 2 is 1.74 bits per heavy atom. The standard InChI is InChI=1S/C24H32ClF2N3O4S/c1-24(2,17-5-8-23(22(26)9-17)34-13-19(31)10-25)16-3-6-21(7-4-16)33-14-20(32)12-30(29)11-18(28)15-35-27/h3-9,11,19-20,31-32H,10,12-15,28-29H2,1-2H3/b18-11-. The van der Waals surface area contributed by atoms with E-state index in [1.165, 1.54) is 23.3 Å². The number of hydrogen-bond donors (Lipinski definition) is 4. The number of hydrogen-bond acceptors (Lipinski definition) is 8. The third kappa shape index (κ3) is 9.05. The molecule has 2 aromatic carbocycles. The molecule has 0 heterocycles. The van der Waals surface area contributed by atoms with Crippen LogP contribution in [0.25, 0.3) is 0 Å². The van der Waals surface area contributed by atoms with Crippen LogP contribution in [0.3, 0.4) is 0 Å². The molecule has 0 bridgehead atoms. The van der Waals surface area contributed by atoms with Gasteiger partial charge in [-0.2, -0.15) is 3.89 Å². The van der Waals surface area contributed by atoms with Crippen molar-refractivity contribution in [3.8, 4) is 11.5 Å². The van der Waals surface area contributed by atoms with Gasteiger partial charge in [0.1, 0.15) is 31.2 Å². The van der Waals surface area contributed by atoms with Crippen LogP contribution < -0.4 is 21.1 Å². The fourth-order valence-electron chi connectivity index (χ4n) is 3.23. The number of aliphatic hydroxyl groups is 2. The highest BCUT2D eigenvalue weighted by atomic mass is 35.5. The van der Waals surface area contributed by atoms with Gasteiger partial charge in [-0.05, 0) is 35.4 Å². The van der Waals surface area contributed by atoms with E-state index in [-0.39, 0.29) is 55.0 Å². The first-order chi connectivity index (χ1) is 16.6. The molecular weight excluding hydrogens is 500 g/mol. The molecule has 0 spiro atoms. The Bertz CT molecular complexity index is 966. The molecule has 194 valence electrons. The highest BCUT2D eigenvalue weighted by Crippen LogP contribution is 2.34. The Morgan fingerprint density at radius 3 is 2.34 bits per heavy atom. The number of halogens is 3. The van der Waals surface area contributed by atoms with E-state index in [1.54, 1.807) is 18.2 Å². The summed E-state index contributed by atoms with van der Waals surface area (Å²) in [4.78, 5) is 0. The zero-order valence-corrected chi connectivity index (χ0v) is 21.2. The van der Waals surface area contributed by atoms with Crippen molar-refractivity contribution >= 4 is 23.7 Å². The number of nitrogens with zero attached hydrogens (tertiary/aromatic N) is 1. The second-order valence-electron chi connectivity index (χ2n) is 8.53. The largest absolute Gasteiger partial charge is 0.491 e.